The SMILES string of the molecule is NCc1cn(-c2ccccc2OC(F)(F)F)nn1. The molecule has 0 aliphatic rings. The van der Waals surface area contributed by atoms with Crippen LogP contribution in [0, 0.1) is 0 Å². The molecule has 8 heteroatoms. The molecule has 2 N–H and O–H groups in total. The molecule has 2 rings (SSSR count). The van der Waals surface area contributed by atoms with Crippen molar-refractivity contribution in [3.63, 3.8) is 0 Å². The van der Waals surface area contributed by atoms with Gasteiger partial charge < -0.3 is 10.5 Å². The molecular weight excluding hydrogens is 249 g/mol. The van der Waals surface area contributed by atoms with E-state index >= 15 is 0 Å². The normalized spacial score (nSPS) is 11.6. The number of hydrogen-bond donors (Lipinski definition) is 1. The van der Waals surface area contributed by atoms with Crippen LogP contribution in [0.3, 0.4) is 0 Å². The van der Waals surface area contributed by atoms with Gasteiger partial charge in [-0.15, -0.1) is 18.3 Å². The summed E-state index contributed by atoms with van der Waals surface area (Å²) in [7, 11) is 0. The summed E-state index contributed by atoms with van der Waals surface area (Å²) in [6.07, 6.45) is -3.31. The molecule has 0 saturated heterocycles. The van der Waals surface area contributed by atoms with Gasteiger partial charge in [0.05, 0.1) is 11.9 Å². The van der Waals surface area contributed by atoms with Crippen LogP contribution in [0.1, 0.15) is 5.69 Å². The van der Waals surface area contributed by atoms with Crippen molar-refractivity contribution in [1.29, 1.82) is 0 Å². The van der Waals surface area contributed by atoms with E-state index in [9.17, 15) is 13.2 Å². The highest BCUT2D eigenvalue weighted by Crippen LogP contribution is 2.28. The molecule has 0 amide bonds. The van der Waals surface area contributed by atoms with Crippen molar-refractivity contribution in [3.05, 3.63) is 36.2 Å². The van der Waals surface area contributed by atoms with E-state index < -0.39 is 6.36 Å². The van der Waals surface area contributed by atoms with Gasteiger partial charge in [0.1, 0.15) is 5.69 Å². The van der Waals surface area contributed by atoms with Crippen LogP contribution in [0.5, 0.6) is 5.75 Å². The number of benzene rings is 1. The van der Waals surface area contributed by atoms with Crippen LogP contribution in [0.25, 0.3) is 5.69 Å². The van der Waals surface area contributed by atoms with E-state index in [1.807, 2.05) is 0 Å². The first-order valence-corrected chi connectivity index (χ1v) is 4.96. The summed E-state index contributed by atoms with van der Waals surface area (Å²) in [5, 5.41) is 7.39. The predicted molar refractivity (Wildman–Crippen MR) is 55.9 cm³/mol. The smallest absolute Gasteiger partial charge is 0.403 e. The van der Waals surface area contributed by atoms with E-state index in [-0.39, 0.29) is 18.0 Å². The fraction of sp³-hybridized carbons (Fsp3) is 0.200. The molecule has 0 radical (unpaired) electrons. The van der Waals surface area contributed by atoms with Gasteiger partial charge in [-0.2, -0.15) is 0 Å². The van der Waals surface area contributed by atoms with Crippen LogP contribution in [-0.2, 0) is 6.54 Å². The molecule has 96 valence electrons. The lowest BCUT2D eigenvalue weighted by Crippen LogP contribution is -2.18. The fourth-order valence-electron chi connectivity index (χ4n) is 1.37. The molecule has 1 heterocycles. The summed E-state index contributed by atoms with van der Waals surface area (Å²) >= 11 is 0. The number of ether oxygens (including phenoxy) is 1. The fourth-order valence-corrected chi connectivity index (χ4v) is 1.37. The van der Waals surface area contributed by atoms with Crippen LogP contribution in [-0.4, -0.2) is 21.4 Å². The summed E-state index contributed by atoms with van der Waals surface area (Å²) in [6, 6.07) is 5.65. The zero-order valence-corrected chi connectivity index (χ0v) is 9.05. The average molecular weight is 258 g/mol. The number of halogens is 3. The molecule has 5 nitrogen and oxygen atoms in total. The Labute approximate surface area is 100.0 Å². The first kappa shape index (κ1) is 12.4. The highest BCUT2D eigenvalue weighted by atomic mass is 19.4. The minimum absolute atomic E-state index is 0.141. The molecule has 0 atom stereocenters. The molecule has 0 aliphatic carbocycles. The third-order valence-electron chi connectivity index (χ3n) is 2.09. The maximum atomic E-state index is 12.2. The number of para-hydroxylation sites is 2. The van der Waals surface area contributed by atoms with Gasteiger partial charge in [-0.1, -0.05) is 17.3 Å². The maximum Gasteiger partial charge on any atom is 0.573 e. The molecule has 0 saturated carbocycles. The molecule has 0 spiro atoms. The van der Waals surface area contributed by atoms with Gasteiger partial charge in [-0.25, -0.2) is 4.68 Å². The van der Waals surface area contributed by atoms with Gasteiger partial charge in [-0.05, 0) is 12.1 Å². The van der Waals surface area contributed by atoms with Crippen LogP contribution in [0.2, 0.25) is 0 Å². The second-order valence-corrected chi connectivity index (χ2v) is 3.37. The third kappa shape index (κ3) is 2.77. The lowest BCUT2D eigenvalue weighted by molar-refractivity contribution is -0.274. The van der Waals surface area contributed by atoms with E-state index in [1.54, 1.807) is 6.07 Å². The maximum absolute atomic E-state index is 12.2. The largest absolute Gasteiger partial charge is 0.573 e. The van der Waals surface area contributed by atoms with Crippen molar-refractivity contribution in [2.24, 2.45) is 5.73 Å². The van der Waals surface area contributed by atoms with Crippen molar-refractivity contribution < 1.29 is 17.9 Å². The van der Waals surface area contributed by atoms with Crippen molar-refractivity contribution >= 4 is 0 Å². The predicted octanol–water partition coefficient (Wildman–Crippen LogP) is 1.62. The monoisotopic (exact) mass is 258 g/mol. The van der Waals surface area contributed by atoms with Crippen molar-refractivity contribution in [2.45, 2.75) is 12.9 Å². The number of alkyl halides is 3. The molecule has 18 heavy (non-hydrogen) atoms. The van der Waals surface area contributed by atoms with Crippen molar-refractivity contribution in [1.82, 2.24) is 15.0 Å². The Hall–Kier alpha value is -2.09. The summed E-state index contributed by atoms with van der Waals surface area (Å²) < 4.78 is 41.8. The Balaban J connectivity index is 2.38. The zero-order valence-electron chi connectivity index (χ0n) is 9.05. The van der Waals surface area contributed by atoms with Gasteiger partial charge in [0.15, 0.2) is 5.75 Å². The average Bonchev–Trinajstić information content (AvgIpc) is 2.76. The number of nitrogens with zero attached hydrogens (tertiary/aromatic N) is 3. The molecule has 0 aliphatic heterocycles. The Morgan fingerprint density at radius 1 is 1.28 bits per heavy atom. The van der Waals surface area contributed by atoms with Crippen molar-refractivity contribution in [2.75, 3.05) is 0 Å². The van der Waals surface area contributed by atoms with E-state index in [2.05, 4.69) is 15.0 Å². The molecule has 0 bridgehead atoms. The lowest BCUT2D eigenvalue weighted by Gasteiger charge is -2.12. The third-order valence-corrected chi connectivity index (χ3v) is 2.09. The molecule has 1 aromatic carbocycles. The number of aromatic nitrogens is 3. The van der Waals surface area contributed by atoms with Gasteiger partial charge in [0, 0.05) is 6.54 Å². The Bertz CT molecular complexity index is 538. The van der Waals surface area contributed by atoms with Crippen LogP contribution < -0.4 is 10.5 Å². The quantitative estimate of drug-likeness (QED) is 0.908. The lowest BCUT2D eigenvalue weighted by atomic mass is 10.3. The minimum Gasteiger partial charge on any atom is -0.403 e. The second kappa shape index (κ2) is 4.65. The Morgan fingerprint density at radius 2 is 2.00 bits per heavy atom. The van der Waals surface area contributed by atoms with E-state index in [1.165, 1.54) is 29.1 Å². The number of hydrogen-bond acceptors (Lipinski definition) is 4. The second-order valence-electron chi connectivity index (χ2n) is 3.37. The molecule has 1 aromatic heterocycles. The molecule has 0 unspecified atom stereocenters. The summed E-state index contributed by atoms with van der Waals surface area (Å²) in [6.45, 7) is 0.155. The van der Waals surface area contributed by atoms with Gasteiger partial charge in [0.2, 0.25) is 0 Å². The highest BCUT2D eigenvalue weighted by molar-refractivity contribution is 5.45. The van der Waals surface area contributed by atoms with Crippen LogP contribution in [0.4, 0.5) is 13.2 Å². The molecule has 2 aromatic rings. The first-order valence-electron chi connectivity index (χ1n) is 4.96. The van der Waals surface area contributed by atoms with Gasteiger partial charge in [-0.3, -0.25) is 0 Å². The molecule has 0 fully saturated rings. The highest BCUT2D eigenvalue weighted by Gasteiger charge is 2.32. The van der Waals surface area contributed by atoms with E-state index in [4.69, 9.17) is 5.73 Å². The topological polar surface area (TPSA) is 66.0 Å². The van der Waals surface area contributed by atoms with Crippen molar-refractivity contribution in [3.8, 4) is 11.4 Å². The van der Waals surface area contributed by atoms with E-state index in [0.29, 0.717) is 5.69 Å². The Morgan fingerprint density at radius 3 is 2.61 bits per heavy atom. The van der Waals surface area contributed by atoms with E-state index in [0.717, 1.165) is 0 Å². The first-order chi connectivity index (χ1) is 8.49. The van der Waals surface area contributed by atoms with Gasteiger partial charge in [0.25, 0.3) is 0 Å². The Kier molecular flexibility index (Phi) is 3.19. The number of rotatable bonds is 3. The standard InChI is InChI=1S/C10H9F3N4O/c11-10(12,13)18-9-4-2-1-3-8(9)17-6-7(5-14)15-16-17/h1-4,6H,5,14H2. The molecular formula is C10H9F3N4O. The number of nitrogens with two attached hydrogens (primary N) is 1. The van der Waals surface area contributed by atoms with Crippen LogP contribution in [0.15, 0.2) is 30.5 Å². The minimum atomic E-state index is -4.76. The summed E-state index contributed by atoms with van der Waals surface area (Å²) in [4.78, 5) is 0. The zero-order chi connectivity index (χ0) is 13.2. The van der Waals surface area contributed by atoms with Gasteiger partial charge >= 0.3 is 6.36 Å². The summed E-state index contributed by atoms with van der Waals surface area (Å²) in [5.41, 5.74) is 5.96. The van der Waals surface area contributed by atoms with Crippen LogP contribution >= 0.6 is 0 Å². The summed E-state index contributed by atoms with van der Waals surface area (Å²) in [5.74, 6) is -0.349.